The lowest BCUT2D eigenvalue weighted by atomic mass is 9.88. The molecule has 1 aliphatic heterocycles. The predicted molar refractivity (Wildman–Crippen MR) is 70.1 cm³/mol. The maximum absolute atomic E-state index is 9.82. The third-order valence-electron chi connectivity index (χ3n) is 2.55. The van der Waals surface area contributed by atoms with Crippen LogP contribution in [0.4, 0.5) is 0 Å². The van der Waals surface area contributed by atoms with Gasteiger partial charge in [-0.15, -0.1) is 0 Å². The van der Waals surface area contributed by atoms with E-state index in [1.54, 1.807) is 0 Å². The molecule has 4 nitrogen and oxygen atoms in total. The maximum atomic E-state index is 9.82. The van der Waals surface area contributed by atoms with Crippen molar-refractivity contribution in [2.75, 3.05) is 13.1 Å². The smallest absolute Gasteiger partial charge is 0.293 e. The first-order chi connectivity index (χ1) is 8.37. The summed E-state index contributed by atoms with van der Waals surface area (Å²) in [6, 6.07) is 9.78. The molecule has 100 valence electrons. The Labute approximate surface area is 108 Å². The van der Waals surface area contributed by atoms with Crippen molar-refractivity contribution in [1.82, 2.24) is 5.32 Å². The van der Waals surface area contributed by atoms with E-state index in [0.29, 0.717) is 19.6 Å². The van der Waals surface area contributed by atoms with Crippen molar-refractivity contribution in [2.45, 2.75) is 32.0 Å². The van der Waals surface area contributed by atoms with Crippen LogP contribution in [0.5, 0.6) is 0 Å². The summed E-state index contributed by atoms with van der Waals surface area (Å²) in [6.07, 6.45) is 0. The van der Waals surface area contributed by atoms with Crippen molar-refractivity contribution in [3.05, 3.63) is 35.9 Å². The van der Waals surface area contributed by atoms with Gasteiger partial charge in [-0.2, -0.15) is 0 Å². The van der Waals surface area contributed by atoms with Crippen LogP contribution < -0.4 is 5.32 Å². The molecule has 4 heteroatoms. The summed E-state index contributed by atoms with van der Waals surface area (Å²) >= 11 is 0. The Hall–Kier alpha value is -1.39. The second-order valence-electron chi connectivity index (χ2n) is 5.33. The number of rotatable bonds is 2. The molecule has 1 heterocycles. The molecule has 0 unspecified atom stereocenters. The Balaban J connectivity index is 0.000000203. The minimum Gasteiger partial charge on any atom is -0.462 e. The number of ether oxygens (including phenoxy) is 1. The zero-order valence-corrected chi connectivity index (χ0v) is 11.1. The van der Waals surface area contributed by atoms with Gasteiger partial charge in [0, 0.05) is 13.1 Å². The molecule has 1 aliphatic rings. The second kappa shape index (κ2) is 5.98. The molecule has 0 aliphatic carbocycles. The number of carbonyl (C=O) groups is 1. The van der Waals surface area contributed by atoms with Crippen LogP contribution in [0.25, 0.3) is 0 Å². The van der Waals surface area contributed by atoms with Crippen molar-refractivity contribution >= 4 is 6.47 Å². The molecule has 0 atom stereocenters. The third-order valence-corrected chi connectivity index (χ3v) is 2.55. The van der Waals surface area contributed by atoms with Crippen LogP contribution in [0.3, 0.4) is 0 Å². The molecule has 18 heavy (non-hydrogen) atoms. The highest BCUT2D eigenvalue weighted by Gasteiger charge is 2.35. The first kappa shape index (κ1) is 14.7. The minimum atomic E-state index is -0.596. The molecule has 0 saturated carbocycles. The van der Waals surface area contributed by atoms with Gasteiger partial charge in [-0.1, -0.05) is 30.3 Å². The first-order valence-corrected chi connectivity index (χ1v) is 5.97. The highest BCUT2D eigenvalue weighted by Crippen LogP contribution is 2.24. The SMILES string of the molecule is CC(C)(C)OC=O.OC1(c2ccccc2)CNC1. The van der Waals surface area contributed by atoms with Crippen molar-refractivity contribution in [2.24, 2.45) is 0 Å². The predicted octanol–water partition coefficient (Wildman–Crippen LogP) is 1.44. The fraction of sp³-hybridized carbons (Fsp3) is 0.500. The molecule has 0 aromatic heterocycles. The molecule has 1 aromatic carbocycles. The van der Waals surface area contributed by atoms with Gasteiger partial charge >= 0.3 is 0 Å². The fourth-order valence-corrected chi connectivity index (χ4v) is 1.46. The molecular formula is C14H21NO3. The van der Waals surface area contributed by atoms with Gasteiger partial charge in [0.2, 0.25) is 0 Å². The van der Waals surface area contributed by atoms with Crippen molar-refractivity contribution < 1.29 is 14.6 Å². The number of hydrogen-bond donors (Lipinski definition) is 2. The van der Waals surface area contributed by atoms with E-state index in [-0.39, 0.29) is 5.60 Å². The van der Waals surface area contributed by atoms with Crippen molar-refractivity contribution in [1.29, 1.82) is 0 Å². The molecule has 1 aromatic rings. The summed E-state index contributed by atoms with van der Waals surface area (Å²) in [4.78, 5) is 9.60. The van der Waals surface area contributed by atoms with Crippen LogP contribution in [-0.4, -0.2) is 30.3 Å². The van der Waals surface area contributed by atoms with Gasteiger partial charge in [0.1, 0.15) is 11.2 Å². The van der Waals surface area contributed by atoms with Gasteiger partial charge in [0.15, 0.2) is 0 Å². The van der Waals surface area contributed by atoms with Crippen LogP contribution in [0, 0.1) is 0 Å². The summed E-state index contributed by atoms with van der Waals surface area (Å²) in [5.74, 6) is 0. The Kier molecular flexibility index (Phi) is 4.87. The van der Waals surface area contributed by atoms with Gasteiger partial charge in [-0.05, 0) is 26.3 Å². The van der Waals surface area contributed by atoms with E-state index in [2.05, 4.69) is 10.1 Å². The van der Waals surface area contributed by atoms with E-state index in [1.165, 1.54) is 0 Å². The Morgan fingerprint density at radius 2 is 1.83 bits per heavy atom. The Morgan fingerprint density at radius 1 is 1.28 bits per heavy atom. The normalized spacial score (nSPS) is 16.9. The largest absolute Gasteiger partial charge is 0.462 e. The molecule has 1 fully saturated rings. The lowest BCUT2D eigenvalue weighted by Crippen LogP contribution is -2.56. The molecule has 0 amide bonds. The van der Waals surface area contributed by atoms with Crippen LogP contribution in [0.2, 0.25) is 0 Å². The summed E-state index contributed by atoms with van der Waals surface area (Å²) in [5, 5.41) is 12.9. The van der Waals surface area contributed by atoms with Gasteiger partial charge in [0.05, 0.1) is 0 Å². The Morgan fingerprint density at radius 3 is 2.11 bits per heavy atom. The number of β-amino-alcohol motifs (C(OH)–C–C–N with tert-alkyl or cyclic N) is 1. The second-order valence-corrected chi connectivity index (χ2v) is 5.33. The molecule has 2 rings (SSSR count). The van der Waals surface area contributed by atoms with Crippen molar-refractivity contribution in [3.8, 4) is 0 Å². The van der Waals surface area contributed by atoms with E-state index >= 15 is 0 Å². The summed E-state index contributed by atoms with van der Waals surface area (Å²) < 4.78 is 4.55. The lowest BCUT2D eigenvalue weighted by Gasteiger charge is -2.37. The number of nitrogens with one attached hydrogen (secondary N) is 1. The molecule has 0 bridgehead atoms. The molecule has 0 radical (unpaired) electrons. The van der Waals surface area contributed by atoms with Crippen LogP contribution >= 0.6 is 0 Å². The quantitative estimate of drug-likeness (QED) is 0.781. The molecular weight excluding hydrogens is 230 g/mol. The van der Waals surface area contributed by atoms with Gasteiger partial charge < -0.3 is 15.2 Å². The average Bonchev–Trinajstić information content (AvgIpc) is 2.26. The average molecular weight is 251 g/mol. The number of carbonyl (C=O) groups excluding carboxylic acids is 1. The van der Waals surface area contributed by atoms with E-state index in [9.17, 15) is 9.90 Å². The standard InChI is InChI=1S/C9H11NO.C5H10O2/c11-9(6-10-7-9)8-4-2-1-3-5-8;1-5(2,3)7-4-6/h1-5,10-11H,6-7H2;4H,1-3H3. The minimum absolute atomic E-state index is 0.318. The monoisotopic (exact) mass is 251 g/mol. The molecule has 2 N–H and O–H groups in total. The summed E-state index contributed by atoms with van der Waals surface area (Å²) in [6.45, 7) is 7.28. The van der Waals surface area contributed by atoms with E-state index in [1.807, 2.05) is 51.1 Å². The number of benzene rings is 1. The van der Waals surface area contributed by atoms with Crippen LogP contribution in [0.1, 0.15) is 26.3 Å². The summed E-state index contributed by atoms with van der Waals surface area (Å²) in [5.41, 5.74) is 0.0991. The third kappa shape index (κ3) is 4.47. The van der Waals surface area contributed by atoms with Crippen molar-refractivity contribution in [3.63, 3.8) is 0 Å². The zero-order chi connectivity index (χ0) is 13.6. The number of hydrogen-bond acceptors (Lipinski definition) is 4. The summed E-state index contributed by atoms with van der Waals surface area (Å²) in [7, 11) is 0. The highest BCUT2D eigenvalue weighted by atomic mass is 16.5. The van der Waals surface area contributed by atoms with Crippen LogP contribution in [0.15, 0.2) is 30.3 Å². The molecule has 1 saturated heterocycles. The Bertz CT molecular complexity index is 366. The van der Waals surface area contributed by atoms with Gasteiger partial charge in [0.25, 0.3) is 6.47 Å². The van der Waals surface area contributed by atoms with E-state index in [4.69, 9.17) is 0 Å². The van der Waals surface area contributed by atoms with Gasteiger partial charge in [-0.3, -0.25) is 4.79 Å². The van der Waals surface area contributed by atoms with Crippen LogP contribution in [-0.2, 0) is 15.1 Å². The maximum Gasteiger partial charge on any atom is 0.293 e. The van der Waals surface area contributed by atoms with Gasteiger partial charge in [-0.25, -0.2) is 0 Å². The first-order valence-electron chi connectivity index (χ1n) is 5.97. The fourth-order valence-electron chi connectivity index (χ4n) is 1.46. The zero-order valence-electron chi connectivity index (χ0n) is 11.1. The topological polar surface area (TPSA) is 58.6 Å². The lowest BCUT2D eigenvalue weighted by molar-refractivity contribution is -0.138. The van der Waals surface area contributed by atoms with E-state index < -0.39 is 5.60 Å². The van der Waals surface area contributed by atoms with E-state index in [0.717, 1.165) is 5.56 Å². The number of aliphatic hydroxyl groups is 1. The highest BCUT2D eigenvalue weighted by molar-refractivity contribution is 5.37. The molecule has 0 spiro atoms.